The number of nitrogens with zero attached hydrogens (tertiary/aromatic N) is 1. The van der Waals surface area contributed by atoms with Gasteiger partial charge in [-0.1, -0.05) is 26.8 Å². The molecule has 1 fully saturated rings. The van der Waals surface area contributed by atoms with Gasteiger partial charge in [0.05, 0.1) is 11.5 Å². The molecular weight excluding hydrogens is 277 g/mol. The molecule has 0 radical (unpaired) electrons. The lowest BCUT2D eigenvalue weighted by atomic mass is 9.83. The van der Waals surface area contributed by atoms with Crippen molar-refractivity contribution in [3.05, 3.63) is 35.1 Å². The van der Waals surface area contributed by atoms with Crippen molar-refractivity contribution >= 4 is 9.84 Å². The van der Waals surface area contributed by atoms with Gasteiger partial charge in [-0.2, -0.15) is 0 Å². The molecule has 0 bridgehead atoms. The summed E-state index contributed by atoms with van der Waals surface area (Å²) >= 11 is 0. The normalized spacial score (nSPS) is 20.0. The Labute approximate surface area is 120 Å². The van der Waals surface area contributed by atoms with E-state index in [1.54, 1.807) is 6.07 Å². The third-order valence-corrected chi connectivity index (χ3v) is 5.32. The second-order valence-electron chi connectivity index (χ2n) is 6.48. The summed E-state index contributed by atoms with van der Waals surface area (Å²) < 4.78 is 36.4. The number of benzene rings is 1. The Bertz CT molecular complexity index is 576. The molecule has 2 rings (SSSR count). The zero-order valence-corrected chi connectivity index (χ0v) is 13.1. The number of hydrogen-bond donors (Lipinski definition) is 0. The summed E-state index contributed by atoms with van der Waals surface area (Å²) in [7, 11) is -2.87. The van der Waals surface area contributed by atoms with Crippen LogP contribution in [0.3, 0.4) is 0 Å². The maximum atomic E-state index is 13.5. The molecule has 3 nitrogen and oxygen atoms in total. The first kappa shape index (κ1) is 15.4. The van der Waals surface area contributed by atoms with E-state index in [1.807, 2.05) is 6.07 Å². The van der Waals surface area contributed by atoms with Gasteiger partial charge in [0.15, 0.2) is 9.84 Å². The molecule has 0 amide bonds. The van der Waals surface area contributed by atoms with Gasteiger partial charge >= 0.3 is 0 Å². The molecular formula is C15H22FNO2S. The monoisotopic (exact) mass is 299 g/mol. The minimum Gasteiger partial charge on any atom is -0.297 e. The van der Waals surface area contributed by atoms with Gasteiger partial charge in [0, 0.05) is 19.6 Å². The first-order chi connectivity index (χ1) is 9.17. The topological polar surface area (TPSA) is 37.4 Å². The van der Waals surface area contributed by atoms with Gasteiger partial charge in [0.1, 0.15) is 5.82 Å². The molecule has 0 N–H and O–H groups in total. The summed E-state index contributed by atoms with van der Waals surface area (Å²) in [5.74, 6) is 0.165. The molecule has 1 aromatic rings. The van der Waals surface area contributed by atoms with Gasteiger partial charge in [-0.3, -0.25) is 4.90 Å². The third kappa shape index (κ3) is 3.79. The van der Waals surface area contributed by atoms with Gasteiger partial charge in [0.25, 0.3) is 0 Å². The van der Waals surface area contributed by atoms with Gasteiger partial charge in [0.2, 0.25) is 0 Å². The van der Waals surface area contributed by atoms with E-state index in [4.69, 9.17) is 0 Å². The fourth-order valence-electron chi connectivity index (χ4n) is 2.57. The van der Waals surface area contributed by atoms with E-state index in [9.17, 15) is 12.8 Å². The first-order valence-corrected chi connectivity index (χ1v) is 8.71. The van der Waals surface area contributed by atoms with Crippen LogP contribution in [0.15, 0.2) is 18.2 Å². The Morgan fingerprint density at radius 2 is 1.80 bits per heavy atom. The SMILES string of the molecule is CC(C)(C)c1ccc(F)cc1CN1CCS(=O)(=O)CC1. The van der Waals surface area contributed by atoms with Crippen molar-refractivity contribution < 1.29 is 12.8 Å². The quantitative estimate of drug-likeness (QED) is 0.841. The van der Waals surface area contributed by atoms with E-state index in [0.717, 1.165) is 11.1 Å². The van der Waals surface area contributed by atoms with Crippen LogP contribution in [0.4, 0.5) is 4.39 Å². The highest BCUT2D eigenvalue weighted by Crippen LogP contribution is 2.27. The lowest BCUT2D eigenvalue weighted by molar-refractivity contribution is 0.285. The highest BCUT2D eigenvalue weighted by Gasteiger charge is 2.24. The van der Waals surface area contributed by atoms with E-state index >= 15 is 0 Å². The van der Waals surface area contributed by atoms with E-state index < -0.39 is 9.84 Å². The molecule has 0 spiro atoms. The summed E-state index contributed by atoms with van der Waals surface area (Å²) in [5, 5.41) is 0. The summed E-state index contributed by atoms with van der Waals surface area (Å²) in [6, 6.07) is 4.90. The highest BCUT2D eigenvalue weighted by molar-refractivity contribution is 7.91. The fourth-order valence-corrected chi connectivity index (χ4v) is 3.85. The molecule has 1 aromatic carbocycles. The van der Waals surface area contributed by atoms with Crippen LogP contribution in [0.2, 0.25) is 0 Å². The number of halogens is 1. The van der Waals surface area contributed by atoms with Crippen LogP contribution in [0.25, 0.3) is 0 Å². The minimum atomic E-state index is -2.87. The van der Waals surface area contributed by atoms with E-state index in [-0.39, 0.29) is 22.7 Å². The van der Waals surface area contributed by atoms with Crippen molar-refractivity contribution in [3.8, 4) is 0 Å². The van der Waals surface area contributed by atoms with Gasteiger partial charge in [-0.05, 0) is 28.7 Å². The van der Waals surface area contributed by atoms with E-state index in [1.165, 1.54) is 6.07 Å². The molecule has 1 aliphatic rings. The smallest absolute Gasteiger partial charge is 0.152 e. The van der Waals surface area contributed by atoms with Gasteiger partial charge in [-0.25, -0.2) is 12.8 Å². The summed E-state index contributed by atoms with van der Waals surface area (Å²) in [6.07, 6.45) is 0. The zero-order valence-electron chi connectivity index (χ0n) is 12.3. The third-order valence-electron chi connectivity index (χ3n) is 3.71. The van der Waals surface area contributed by atoms with Crippen LogP contribution in [0, 0.1) is 5.82 Å². The van der Waals surface area contributed by atoms with Crippen LogP contribution < -0.4 is 0 Å². The second kappa shape index (κ2) is 5.45. The van der Waals surface area contributed by atoms with Crippen molar-refractivity contribution in [3.63, 3.8) is 0 Å². The summed E-state index contributed by atoms with van der Waals surface area (Å²) in [5.41, 5.74) is 2.02. The largest absolute Gasteiger partial charge is 0.297 e. The second-order valence-corrected chi connectivity index (χ2v) is 8.78. The molecule has 0 aliphatic carbocycles. The average Bonchev–Trinajstić information content (AvgIpc) is 2.30. The number of hydrogen-bond acceptors (Lipinski definition) is 3. The predicted octanol–water partition coefficient (Wildman–Crippen LogP) is 2.35. The van der Waals surface area contributed by atoms with Crippen LogP contribution in [-0.4, -0.2) is 37.9 Å². The van der Waals surface area contributed by atoms with Crippen LogP contribution in [0.1, 0.15) is 31.9 Å². The molecule has 5 heteroatoms. The molecule has 0 aromatic heterocycles. The van der Waals surface area contributed by atoms with Crippen molar-refractivity contribution in [2.75, 3.05) is 24.6 Å². The fraction of sp³-hybridized carbons (Fsp3) is 0.600. The molecule has 0 atom stereocenters. The van der Waals surface area contributed by atoms with Crippen LogP contribution in [0.5, 0.6) is 0 Å². The zero-order chi connectivity index (χ0) is 15.0. The van der Waals surface area contributed by atoms with E-state index in [2.05, 4.69) is 25.7 Å². The van der Waals surface area contributed by atoms with Crippen molar-refractivity contribution in [1.29, 1.82) is 0 Å². The Morgan fingerprint density at radius 1 is 1.20 bits per heavy atom. The maximum Gasteiger partial charge on any atom is 0.152 e. The van der Waals surface area contributed by atoms with E-state index in [0.29, 0.717) is 19.6 Å². The number of rotatable bonds is 2. The summed E-state index contributed by atoms with van der Waals surface area (Å²) in [4.78, 5) is 2.09. The van der Waals surface area contributed by atoms with Gasteiger partial charge in [-0.15, -0.1) is 0 Å². The molecule has 0 unspecified atom stereocenters. The van der Waals surface area contributed by atoms with Gasteiger partial charge < -0.3 is 0 Å². The lowest BCUT2D eigenvalue weighted by Crippen LogP contribution is -2.40. The van der Waals surface area contributed by atoms with Crippen molar-refractivity contribution in [2.45, 2.75) is 32.7 Å². The molecule has 20 heavy (non-hydrogen) atoms. The average molecular weight is 299 g/mol. The van der Waals surface area contributed by atoms with Crippen molar-refractivity contribution in [1.82, 2.24) is 4.90 Å². The Hall–Kier alpha value is -0.940. The molecule has 0 saturated carbocycles. The predicted molar refractivity (Wildman–Crippen MR) is 79.0 cm³/mol. The molecule has 1 saturated heterocycles. The van der Waals surface area contributed by atoms with Crippen LogP contribution >= 0.6 is 0 Å². The first-order valence-electron chi connectivity index (χ1n) is 6.89. The highest BCUT2D eigenvalue weighted by atomic mass is 32.2. The Balaban J connectivity index is 2.19. The standard InChI is InChI=1S/C15H22FNO2S/c1-15(2,3)14-5-4-13(16)10-12(14)11-17-6-8-20(18,19)9-7-17/h4-5,10H,6-9,11H2,1-3H3. The minimum absolute atomic E-state index is 0.0507. The lowest BCUT2D eigenvalue weighted by Gasteiger charge is -2.30. The number of sulfone groups is 1. The molecule has 112 valence electrons. The summed E-state index contributed by atoms with van der Waals surface area (Å²) in [6.45, 7) is 7.98. The van der Waals surface area contributed by atoms with Crippen LogP contribution in [-0.2, 0) is 21.8 Å². The Kier molecular flexibility index (Phi) is 4.21. The molecule has 1 aliphatic heterocycles. The van der Waals surface area contributed by atoms with Crippen molar-refractivity contribution in [2.24, 2.45) is 0 Å². The maximum absolute atomic E-state index is 13.5. The molecule has 1 heterocycles. The Morgan fingerprint density at radius 3 is 2.35 bits per heavy atom.